The molecule has 0 bridgehead atoms. The SMILES string of the molecule is Cc1ccc(-c2ncn(C3CCCCC3)c2-c2ccc(C(=O)NC[C@H]3CCCO3)o2)cc1. The van der Waals surface area contributed by atoms with Gasteiger partial charge in [-0.3, -0.25) is 4.79 Å². The average molecular weight is 434 g/mol. The zero-order valence-corrected chi connectivity index (χ0v) is 18.7. The fourth-order valence-corrected chi connectivity index (χ4v) is 4.85. The summed E-state index contributed by atoms with van der Waals surface area (Å²) in [4.78, 5) is 17.5. The smallest absolute Gasteiger partial charge is 0.287 e. The second kappa shape index (κ2) is 9.33. The van der Waals surface area contributed by atoms with E-state index in [2.05, 4.69) is 41.1 Å². The number of amides is 1. The zero-order chi connectivity index (χ0) is 21.9. The molecule has 1 N–H and O–H groups in total. The molecule has 6 heteroatoms. The highest BCUT2D eigenvalue weighted by molar-refractivity contribution is 5.92. The molecule has 1 aromatic carbocycles. The molecule has 2 fully saturated rings. The summed E-state index contributed by atoms with van der Waals surface area (Å²) < 4.78 is 14.0. The van der Waals surface area contributed by atoms with E-state index in [-0.39, 0.29) is 12.0 Å². The van der Waals surface area contributed by atoms with E-state index in [0.717, 1.165) is 49.2 Å². The quantitative estimate of drug-likeness (QED) is 0.555. The summed E-state index contributed by atoms with van der Waals surface area (Å²) in [7, 11) is 0. The Bertz CT molecular complexity index is 1050. The fourth-order valence-electron chi connectivity index (χ4n) is 4.85. The molecular formula is C26H31N3O3. The number of ether oxygens (including phenoxy) is 1. The predicted octanol–water partition coefficient (Wildman–Crippen LogP) is 5.53. The molecule has 3 aromatic rings. The van der Waals surface area contributed by atoms with E-state index in [9.17, 15) is 4.79 Å². The zero-order valence-electron chi connectivity index (χ0n) is 18.7. The van der Waals surface area contributed by atoms with Gasteiger partial charge >= 0.3 is 0 Å². The highest BCUT2D eigenvalue weighted by Crippen LogP contribution is 2.38. The number of aromatic nitrogens is 2. The molecule has 0 unspecified atom stereocenters. The van der Waals surface area contributed by atoms with Crippen LogP contribution in [0.4, 0.5) is 0 Å². The van der Waals surface area contributed by atoms with Crippen LogP contribution < -0.4 is 5.32 Å². The number of aryl methyl sites for hydroxylation is 1. The maximum atomic E-state index is 12.7. The summed E-state index contributed by atoms with van der Waals surface area (Å²) in [6, 6.07) is 12.5. The van der Waals surface area contributed by atoms with Crippen molar-refractivity contribution in [3.05, 3.63) is 54.0 Å². The lowest BCUT2D eigenvalue weighted by atomic mass is 9.95. The van der Waals surface area contributed by atoms with Crippen molar-refractivity contribution in [1.29, 1.82) is 0 Å². The van der Waals surface area contributed by atoms with Gasteiger partial charge in [-0.2, -0.15) is 0 Å². The van der Waals surface area contributed by atoms with Crippen molar-refractivity contribution in [2.75, 3.05) is 13.2 Å². The molecule has 0 spiro atoms. The summed E-state index contributed by atoms with van der Waals surface area (Å²) in [5, 5.41) is 2.95. The Morgan fingerprint density at radius 1 is 1.06 bits per heavy atom. The number of furan rings is 1. The molecule has 1 aliphatic carbocycles. The first-order valence-electron chi connectivity index (χ1n) is 11.8. The first-order chi connectivity index (χ1) is 15.7. The molecule has 3 heterocycles. The molecule has 1 saturated heterocycles. The topological polar surface area (TPSA) is 69.3 Å². The molecule has 2 aliphatic rings. The van der Waals surface area contributed by atoms with Crippen LogP contribution in [0.1, 0.15) is 67.1 Å². The second-order valence-corrected chi connectivity index (χ2v) is 9.02. The normalized spacial score (nSPS) is 19.3. The maximum Gasteiger partial charge on any atom is 0.287 e. The van der Waals surface area contributed by atoms with Crippen LogP contribution in [-0.2, 0) is 4.74 Å². The van der Waals surface area contributed by atoms with Gasteiger partial charge in [0.15, 0.2) is 11.5 Å². The molecule has 5 rings (SSSR count). The van der Waals surface area contributed by atoms with Crippen molar-refractivity contribution in [2.24, 2.45) is 0 Å². The Kier molecular flexibility index (Phi) is 6.12. The van der Waals surface area contributed by atoms with E-state index in [0.29, 0.717) is 24.1 Å². The highest BCUT2D eigenvalue weighted by Gasteiger charge is 2.25. The van der Waals surface area contributed by atoms with Gasteiger partial charge in [0, 0.05) is 24.8 Å². The Morgan fingerprint density at radius 2 is 1.88 bits per heavy atom. The van der Waals surface area contributed by atoms with Crippen molar-refractivity contribution in [3.63, 3.8) is 0 Å². The van der Waals surface area contributed by atoms with Crippen molar-refractivity contribution < 1.29 is 13.9 Å². The van der Waals surface area contributed by atoms with E-state index in [1.165, 1.54) is 24.8 Å². The molecule has 1 amide bonds. The molecule has 2 aromatic heterocycles. The second-order valence-electron chi connectivity index (χ2n) is 9.02. The summed E-state index contributed by atoms with van der Waals surface area (Å²) in [5.41, 5.74) is 4.13. The third kappa shape index (κ3) is 4.37. The van der Waals surface area contributed by atoms with Crippen LogP contribution in [0.2, 0.25) is 0 Å². The lowest BCUT2D eigenvalue weighted by molar-refractivity contribution is 0.0836. The monoisotopic (exact) mass is 433 g/mol. The minimum atomic E-state index is -0.202. The Labute approximate surface area is 189 Å². The first kappa shape index (κ1) is 21.0. The van der Waals surface area contributed by atoms with Gasteiger partial charge in [0.2, 0.25) is 0 Å². The van der Waals surface area contributed by atoms with Crippen molar-refractivity contribution in [1.82, 2.24) is 14.9 Å². The number of hydrogen-bond acceptors (Lipinski definition) is 4. The Morgan fingerprint density at radius 3 is 2.62 bits per heavy atom. The fraction of sp³-hybridized carbons (Fsp3) is 0.462. The lowest BCUT2D eigenvalue weighted by Gasteiger charge is -2.24. The van der Waals surface area contributed by atoms with E-state index in [4.69, 9.17) is 14.1 Å². The van der Waals surface area contributed by atoms with Gasteiger partial charge in [0.1, 0.15) is 5.69 Å². The van der Waals surface area contributed by atoms with Crippen LogP contribution in [-0.4, -0.2) is 34.7 Å². The van der Waals surface area contributed by atoms with E-state index in [1.54, 1.807) is 6.07 Å². The third-order valence-electron chi connectivity index (χ3n) is 6.66. The van der Waals surface area contributed by atoms with Crippen LogP contribution in [0.15, 0.2) is 47.1 Å². The highest BCUT2D eigenvalue weighted by atomic mass is 16.5. The summed E-state index contributed by atoms with van der Waals surface area (Å²) >= 11 is 0. The van der Waals surface area contributed by atoms with E-state index < -0.39 is 0 Å². The molecule has 6 nitrogen and oxygen atoms in total. The van der Waals surface area contributed by atoms with Crippen LogP contribution >= 0.6 is 0 Å². The molecule has 32 heavy (non-hydrogen) atoms. The molecule has 1 atom stereocenters. The van der Waals surface area contributed by atoms with Crippen molar-refractivity contribution in [3.8, 4) is 22.7 Å². The van der Waals surface area contributed by atoms with Gasteiger partial charge in [-0.15, -0.1) is 0 Å². The summed E-state index contributed by atoms with van der Waals surface area (Å²) in [6.45, 7) is 3.38. The van der Waals surface area contributed by atoms with E-state index in [1.807, 2.05) is 12.4 Å². The average Bonchev–Trinajstić information content (AvgIpc) is 3.59. The minimum Gasteiger partial charge on any atom is -0.449 e. The predicted molar refractivity (Wildman–Crippen MR) is 124 cm³/mol. The van der Waals surface area contributed by atoms with Gasteiger partial charge in [0.05, 0.1) is 18.1 Å². The van der Waals surface area contributed by atoms with Crippen LogP contribution in [0.5, 0.6) is 0 Å². The number of carbonyl (C=O) groups is 1. The maximum absolute atomic E-state index is 12.7. The van der Waals surface area contributed by atoms with Crippen LogP contribution in [0, 0.1) is 6.92 Å². The summed E-state index contributed by atoms with van der Waals surface area (Å²) in [6.07, 6.45) is 10.1. The lowest BCUT2D eigenvalue weighted by Crippen LogP contribution is -2.31. The largest absolute Gasteiger partial charge is 0.449 e. The standard InChI is InChI=1S/C26H31N3O3/c1-18-9-11-19(12-10-18)24-25(29(17-28-24)20-6-3-2-4-7-20)22-13-14-23(32-22)26(30)27-16-21-8-5-15-31-21/h9-14,17,20-21H,2-8,15-16H2,1H3,(H,27,30)/t21-/m1/s1. The number of rotatable bonds is 6. The molecular weight excluding hydrogens is 402 g/mol. The van der Waals surface area contributed by atoms with Crippen LogP contribution in [0.3, 0.4) is 0 Å². The van der Waals surface area contributed by atoms with Gasteiger partial charge in [-0.05, 0) is 44.7 Å². The molecule has 168 valence electrons. The number of carbonyl (C=O) groups excluding carboxylic acids is 1. The van der Waals surface area contributed by atoms with Gasteiger partial charge in [-0.1, -0.05) is 49.1 Å². The van der Waals surface area contributed by atoms with Crippen LogP contribution in [0.25, 0.3) is 22.7 Å². The summed E-state index contributed by atoms with van der Waals surface area (Å²) in [5.74, 6) is 0.808. The van der Waals surface area contributed by atoms with Gasteiger partial charge in [-0.25, -0.2) is 4.98 Å². The number of imidazole rings is 1. The Balaban J connectivity index is 1.45. The molecule has 1 saturated carbocycles. The minimum absolute atomic E-state index is 0.106. The van der Waals surface area contributed by atoms with Gasteiger partial charge in [0.25, 0.3) is 5.91 Å². The van der Waals surface area contributed by atoms with E-state index >= 15 is 0 Å². The Hall–Kier alpha value is -2.86. The number of nitrogens with zero attached hydrogens (tertiary/aromatic N) is 2. The van der Waals surface area contributed by atoms with Gasteiger partial charge < -0.3 is 19.0 Å². The van der Waals surface area contributed by atoms with Crippen molar-refractivity contribution >= 4 is 5.91 Å². The number of benzene rings is 1. The number of nitrogens with one attached hydrogen (secondary N) is 1. The van der Waals surface area contributed by atoms with Crippen molar-refractivity contribution in [2.45, 2.75) is 64.0 Å². The number of hydrogen-bond donors (Lipinski definition) is 1. The first-order valence-corrected chi connectivity index (χ1v) is 11.8. The molecule has 1 aliphatic heterocycles. The third-order valence-corrected chi connectivity index (χ3v) is 6.66. The molecule has 0 radical (unpaired) electrons.